The molecule has 0 aliphatic heterocycles. The van der Waals surface area contributed by atoms with Gasteiger partial charge in [0.05, 0.1) is 9.39 Å². The highest BCUT2D eigenvalue weighted by Crippen LogP contribution is 2.23. The van der Waals surface area contributed by atoms with Gasteiger partial charge < -0.3 is 5.11 Å². The van der Waals surface area contributed by atoms with Crippen molar-refractivity contribution in [3.8, 4) is 0 Å². The molecule has 0 bridgehead atoms. The molecule has 0 aliphatic carbocycles. The van der Waals surface area contributed by atoms with Gasteiger partial charge in [-0.05, 0) is 60.8 Å². The monoisotopic (exact) mass is 274 g/mol. The largest absolute Gasteiger partial charge is 0.390 e. The van der Waals surface area contributed by atoms with Gasteiger partial charge in [0.25, 0.3) is 0 Å². The molecule has 1 aromatic rings. The van der Waals surface area contributed by atoms with E-state index in [1.54, 1.807) is 11.3 Å². The summed E-state index contributed by atoms with van der Waals surface area (Å²) >= 11 is 5.13. The molecule has 0 unspecified atom stereocenters. The molecule has 1 N–H and O–H groups in total. The zero-order valence-electron chi connectivity index (χ0n) is 8.46. The Morgan fingerprint density at radius 3 is 2.71 bits per heavy atom. The van der Waals surface area contributed by atoms with E-state index in [2.05, 4.69) is 34.1 Å². The molecule has 14 heavy (non-hydrogen) atoms. The second kappa shape index (κ2) is 5.10. The van der Waals surface area contributed by atoms with Crippen molar-refractivity contribution < 1.29 is 5.11 Å². The zero-order chi connectivity index (χ0) is 10.6. The van der Waals surface area contributed by atoms with E-state index in [9.17, 15) is 5.11 Å². The fourth-order valence-corrected chi connectivity index (χ4v) is 2.41. The highest BCUT2D eigenvalue weighted by atomic mass is 79.9. The third-order valence-corrected chi connectivity index (χ3v) is 3.39. The number of halogens is 1. The van der Waals surface area contributed by atoms with Gasteiger partial charge in [0.2, 0.25) is 0 Å². The molecular weight excluding hydrogens is 260 g/mol. The van der Waals surface area contributed by atoms with Crippen LogP contribution in [0.5, 0.6) is 0 Å². The van der Waals surface area contributed by atoms with Gasteiger partial charge in [-0.1, -0.05) is 6.08 Å². The van der Waals surface area contributed by atoms with Gasteiger partial charge >= 0.3 is 0 Å². The smallest absolute Gasteiger partial charge is 0.0704 e. The Bertz CT molecular complexity index is 309. The Morgan fingerprint density at radius 1 is 1.50 bits per heavy atom. The Labute approximate surface area is 97.6 Å². The first-order chi connectivity index (χ1) is 6.47. The predicted octanol–water partition coefficient (Wildman–Crippen LogP) is 4.07. The summed E-state index contributed by atoms with van der Waals surface area (Å²) in [7, 11) is 0. The molecule has 3 heteroatoms. The van der Waals surface area contributed by atoms with Crippen LogP contribution in [0.2, 0.25) is 0 Å². The van der Waals surface area contributed by atoms with E-state index in [1.165, 1.54) is 4.88 Å². The fourth-order valence-electron chi connectivity index (χ4n) is 1.05. The van der Waals surface area contributed by atoms with E-state index in [0.717, 1.165) is 16.6 Å². The fraction of sp³-hybridized carbons (Fsp3) is 0.455. The van der Waals surface area contributed by atoms with Crippen LogP contribution in [-0.2, 0) is 0 Å². The minimum atomic E-state index is -0.555. The van der Waals surface area contributed by atoms with Gasteiger partial charge in [-0.3, -0.25) is 0 Å². The molecule has 1 rings (SSSR count). The SMILES string of the molecule is CC(C)(O)CC/C=C/c1ccc(Br)s1. The lowest BCUT2D eigenvalue weighted by atomic mass is 10.0. The van der Waals surface area contributed by atoms with Crippen molar-refractivity contribution in [2.24, 2.45) is 0 Å². The first kappa shape index (κ1) is 12.0. The molecule has 1 aromatic heterocycles. The van der Waals surface area contributed by atoms with Crippen LogP contribution in [-0.4, -0.2) is 10.7 Å². The maximum absolute atomic E-state index is 9.48. The average molecular weight is 275 g/mol. The Hall–Kier alpha value is -0.120. The molecule has 0 aliphatic rings. The van der Waals surface area contributed by atoms with E-state index in [0.29, 0.717) is 0 Å². The van der Waals surface area contributed by atoms with Crippen LogP contribution in [0.1, 0.15) is 31.6 Å². The highest BCUT2D eigenvalue weighted by molar-refractivity contribution is 9.11. The molecule has 0 fully saturated rings. The lowest BCUT2D eigenvalue weighted by Gasteiger charge is -2.14. The quantitative estimate of drug-likeness (QED) is 0.878. The van der Waals surface area contributed by atoms with Crippen molar-refractivity contribution in [1.29, 1.82) is 0 Å². The average Bonchev–Trinajstić information content (AvgIpc) is 2.44. The van der Waals surface area contributed by atoms with Crippen LogP contribution in [0.3, 0.4) is 0 Å². The summed E-state index contributed by atoms with van der Waals surface area (Å²) in [5.74, 6) is 0. The van der Waals surface area contributed by atoms with E-state index in [1.807, 2.05) is 19.9 Å². The number of aliphatic hydroxyl groups is 1. The number of allylic oxidation sites excluding steroid dienone is 1. The second-order valence-electron chi connectivity index (χ2n) is 3.90. The van der Waals surface area contributed by atoms with Gasteiger partial charge in [-0.2, -0.15) is 0 Å². The molecule has 1 nitrogen and oxygen atoms in total. The highest BCUT2D eigenvalue weighted by Gasteiger charge is 2.09. The van der Waals surface area contributed by atoms with Crippen molar-refractivity contribution in [1.82, 2.24) is 0 Å². The summed E-state index contributed by atoms with van der Waals surface area (Å²) in [6.07, 6.45) is 5.92. The maximum atomic E-state index is 9.48. The maximum Gasteiger partial charge on any atom is 0.0704 e. The zero-order valence-corrected chi connectivity index (χ0v) is 10.9. The van der Waals surface area contributed by atoms with Crippen molar-refractivity contribution in [3.05, 3.63) is 26.9 Å². The van der Waals surface area contributed by atoms with Crippen LogP contribution in [0.4, 0.5) is 0 Å². The van der Waals surface area contributed by atoms with Crippen LogP contribution >= 0.6 is 27.3 Å². The predicted molar refractivity (Wildman–Crippen MR) is 66.6 cm³/mol. The Morgan fingerprint density at radius 2 is 2.21 bits per heavy atom. The molecule has 0 aromatic carbocycles. The summed E-state index contributed by atoms with van der Waals surface area (Å²) in [6, 6.07) is 4.12. The van der Waals surface area contributed by atoms with Gasteiger partial charge in [0.15, 0.2) is 0 Å². The van der Waals surface area contributed by atoms with Crippen LogP contribution in [0, 0.1) is 0 Å². The first-order valence-electron chi connectivity index (χ1n) is 4.62. The number of hydrogen-bond donors (Lipinski definition) is 1. The van der Waals surface area contributed by atoms with E-state index >= 15 is 0 Å². The van der Waals surface area contributed by atoms with Gasteiger partial charge in [0.1, 0.15) is 0 Å². The summed E-state index contributed by atoms with van der Waals surface area (Å²) in [5, 5.41) is 9.48. The van der Waals surface area contributed by atoms with E-state index < -0.39 is 5.60 Å². The molecule has 0 spiro atoms. The first-order valence-corrected chi connectivity index (χ1v) is 6.22. The van der Waals surface area contributed by atoms with Gasteiger partial charge in [-0.15, -0.1) is 11.3 Å². The number of rotatable bonds is 4. The third kappa shape index (κ3) is 4.94. The summed E-state index contributed by atoms with van der Waals surface area (Å²) in [4.78, 5) is 1.24. The van der Waals surface area contributed by atoms with Crippen molar-refractivity contribution >= 4 is 33.3 Å². The minimum absolute atomic E-state index is 0.555. The second-order valence-corrected chi connectivity index (χ2v) is 6.39. The van der Waals surface area contributed by atoms with E-state index in [4.69, 9.17) is 0 Å². The normalized spacial score (nSPS) is 12.6. The van der Waals surface area contributed by atoms with Crippen LogP contribution < -0.4 is 0 Å². The summed E-state index contributed by atoms with van der Waals surface area (Å²) < 4.78 is 1.15. The van der Waals surface area contributed by atoms with Gasteiger partial charge in [0, 0.05) is 4.88 Å². The molecule has 0 radical (unpaired) electrons. The van der Waals surface area contributed by atoms with Crippen LogP contribution in [0.25, 0.3) is 6.08 Å². The molecule has 1 heterocycles. The lowest BCUT2D eigenvalue weighted by Crippen LogP contribution is -2.17. The number of hydrogen-bond acceptors (Lipinski definition) is 2. The van der Waals surface area contributed by atoms with Crippen LogP contribution in [0.15, 0.2) is 22.0 Å². The Balaban J connectivity index is 2.35. The topological polar surface area (TPSA) is 20.2 Å². The molecule has 78 valence electrons. The van der Waals surface area contributed by atoms with Crippen molar-refractivity contribution in [2.45, 2.75) is 32.3 Å². The summed E-state index contributed by atoms with van der Waals surface area (Å²) in [5.41, 5.74) is -0.555. The lowest BCUT2D eigenvalue weighted by molar-refractivity contribution is 0.0722. The number of thiophene rings is 1. The van der Waals surface area contributed by atoms with E-state index in [-0.39, 0.29) is 0 Å². The molecular formula is C11H15BrOS. The molecule has 0 amide bonds. The molecule has 0 saturated carbocycles. The molecule has 0 atom stereocenters. The molecule has 0 saturated heterocycles. The third-order valence-electron chi connectivity index (χ3n) is 1.80. The standard InChI is InChI=1S/C11H15BrOS/c1-11(2,13)8-4-3-5-9-6-7-10(12)14-9/h3,5-7,13H,4,8H2,1-2H3/b5-3+. The summed E-state index contributed by atoms with van der Waals surface area (Å²) in [6.45, 7) is 3.67. The Kier molecular flexibility index (Phi) is 4.35. The minimum Gasteiger partial charge on any atom is -0.390 e. The van der Waals surface area contributed by atoms with Crippen molar-refractivity contribution in [3.63, 3.8) is 0 Å². The van der Waals surface area contributed by atoms with Crippen molar-refractivity contribution in [2.75, 3.05) is 0 Å². The van der Waals surface area contributed by atoms with Gasteiger partial charge in [-0.25, -0.2) is 0 Å².